The zero-order valence-corrected chi connectivity index (χ0v) is 20.5. The van der Waals surface area contributed by atoms with Gasteiger partial charge in [-0.3, -0.25) is 9.59 Å². The molecule has 0 radical (unpaired) electrons. The van der Waals surface area contributed by atoms with Crippen LogP contribution in [0.1, 0.15) is 69.4 Å². The highest BCUT2D eigenvalue weighted by atomic mass is 16.4. The van der Waals surface area contributed by atoms with Crippen molar-refractivity contribution in [2.75, 3.05) is 11.9 Å². The molecule has 0 saturated heterocycles. The van der Waals surface area contributed by atoms with Gasteiger partial charge in [0.25, 0.3) is 0 Å². The number of aliphatic carboxylic acids is 1. The Kier molecular flexibility index (Phi) is 12.6. The Hall–Kier alpha value is -3.67. The molecule has 2 amide bonds. The van der Waals surface area contributed by atoms with Crippen molar-refractivity contribution in [2.24, 2.45) is 0 Å². The molecule has 3 N–H and O–H groups in total. The van der Waals surface area contributed by atoms with Gasteiger partial charge >= 0.3 is 5.97 Å². The van der Waals surface area contributed by atoms with E-state index in [4.69, 9.17) is 5.11 Å². The third-order valence-electron chi connectivity index (χ3n) is 5.54. The van der Waals surface area contributed by atoms with Crippen molar-refractivity contribution in [1.29, 1.82) is 0 Å². The van der Waals surface area contributed by atoms with Crippen molar-refractivity contribution in [3.63, 3.8) is 0 Å². The van der Waals surface area contributed by atoms with E-state index in [1.54, 1.807) is 18.2 Å². The van der Waals surface area contributed by atoms with Crippen LogP contribution in [0.15, 0.2) is 72.8 Å². The van der Waals surface area contributed by atoms with Gasteiger partial charge in [0, 0.05) is 36.0 Å². The molecule has 35 heavy (non-hydrogen) atoms. The summed E-state index contributed by atoms with van der Waals surface area (Å²) in [5, 5.41) is 14.5. The summed E-state index contributed by atoms with van der Waals surface area (Å²) >= 11 is 0. The van der Waals surface area contributed by atoms with Gasteiger partial charge in [-0.25, -0.2) is 4.79 Å². The molecule has 0 aliphatic rings. The van der Waals surface area contributed by atoms with Crippen LogP contribution in [-0.4, -0.2) is 29.4 Å². The van der Waals surface area contributed by atoms with Crippen LogP contribution in [-0.2, 0) is 14.4 Å². The average molecular weight is 477 g/mol. The Morgan fingerprint density at radius 3 is 2.09 bits per heavy atom. The molecule has 186 valence electrons. The fourth-order valence-corrected chi connectivity index (χ4v) is 3.74. The lowest BCUT2D eigenvalue weighted by Crippen LogP contribution is -2.22. The molecule has 0 bridgehead atoms. The fourth-order valence-electron chi connectivity index (χ4n) is 3.74. The van der Waals surface area contributed by atoms with Crippen LogP contribution in [0.3, 0.4) is 0 Å². The molecule has 6 heteroatoms. The third-order valence-corrected chi connectivity index (χ3v) is 5.54. The molecule has 0 spiro atoms. The predicted molar refractivity (Wildman–Crippen MR) is 141 cm³/mol. The summed E-state index contributed by atoms with van der Waals surface area (Å²) in [6.45, 7) is 2.83. The monoisotopic (exact) mass is 476 g/mol. The Labute approximate surface area is 208 Å². The Bertz CT molecular complexity index is 1010. The largest absolute Gasteiger partial charge is 0.478 e. The zero-order valence-electron chi connectivity index (χ0n) is 20.5. The summed E-state index contributed by atoms with van der Waals surface area (Å²) in [4.78, 5) is 35.7. The van der Waals surface area contributed by atoms with E-state index in [-0.39, 0.29) is 5.91 Å². The molecule has 0 aromatic heterocycles. The smallest absolute Gasteiger partial charge is 0.328 e. The normalized spacial score (nSPS) is 11.4. The number of carbonyl (C=O) groups excluding carboxylic acids is 2. The second-order valence-corrected chi connectivity index (χ2v) is 8.40. The number of benzene rings is 2. The van der Waals surface area contributed by atoms with Crippen molar-refractivity contribution in [2.45, 2.75) is 58.3 Å². The first-order valence-corrected chi connectivity index (χ1v) is 12.4. The summed E-state index contributed by atoms with van der Waals surface area (Å²) in [5.74, 6) is -1.96. The summed E-state index contributed by atoms with van der Waals surface area (Å²) in [7, 11) is 0. The number of hydrogen-bond donors (Lipinski definition) is 3. The van der Waals surface area contributed by atoms with Crippen molar-refractivity contribution in [3.8, 4) is 0 Å². The molecule has 0 atom stereocenters. The molecule has 0 saturated carbocycles. The van der Waals surface area contributed by atoms with E-state index >= 15 is 0 Å². The lowest BCUT2D eigenvalue weighted by atomic mass is 9.95. The molecule has 0 heterocycles. The molecule has 6 nitrogen and oxygen atoms in total. The lowest BCUT2D eigenvalue weighted by Gasteiger charge is -2.14. The van der Waals surface area contributed by atoms with Crippen LogP contribution in [0.4, 0.5) is 5.69 Å². The molecule has 2 rings (SSSR count). The molecule has 0 fully saturated rings. The van der Waals surface area contributed by atoms with Gasteiger partial charge in [-0.1, -0.05) is 100 Å². The van der Waals surface area contributed by atoms with Crippen LogP contribution in [0.25, 0.3) is 5.57 Å². The third kappa shape index (κ3) is 10.9. The number of carboxylic acid groups (broad SMARTS) is 1. The number of nitrogens with one attached hydrogen (secondary N) is 2. The van der Waals surface area contributed by atoms with Gasteiger partial charge in [0.15, 0.2) is 0 Å². The maximum Gasteiger partial charge on any atom is 0.328 e. The Balaban J connectivity index is 2.08. The van der Waals surface area contributed by atoms with Crippen LogP contribution < -0.4 is 10.6 Å². The van der Waals surface area contributed by atoms with Crippen molar-refractivity contribution >= 4 is 29.0 Å². The molecule has 0 aliphatic heterocycles. The molecule has 2 aromatic rings. The first-order valence-electron chi connectivity index (χ1n) is 12.4. The van der Waals surface area contributed by atoms with Crippen LogP contribution in [0.2, 0.25) is 0 Å². The molecular weight excluding hydrogens is 440 g/mol. The molecular formula is C29H36N2O4. The molecule has 0 unspecified atom stereocenters. The number of hydrogen-bond acceptors (Lipinski definition) is 3. The number of unbranched alkanes of at least 4 members (excludes halogenated alkanes) is 7. The predicted octanol–water partition coefficient (Wildman–Crippen LogP) is 5.95. The van der Waals surface area contributed by atoms with Gasteiger partial charge in [0.1, 0.15) is 0 Å². The van der Waals surface area contributed by atoms with Crippen molar-refractivity contribution < 1.29 is 19.5 Å². The number of anilines is 1. The Morgan fingerprint density at radius 2 is 1.40 bits per heavy atom. The topological polar surface area (TPSA) is 95.5 Å². The lowest BCUT2D eigenvalue weighted by molar-refractivity contribution is -0.131. The van der Waals surface area contributed by atoms with Crippen LogP contribution in [0.5, 0.6) is 0 Å². The molecule has 0 aliphatic carbocycles. The van der Waals surface area contributed by atoms with Gasteiger partial charge in [0.05, 0.1) is 0 Å². The second-order valence-electron chi connectivity index (χ2n) is 8.40. The van der Waals surface area contributed by atoms with E-state index in [9.17, 15) is 14.4 Å². The average Bonchev–Trinajstić information content (AvgIpc) is 2.86. The summed E-state index contributed by atoms with van der Waals surface area (Å²) in [6.07, 6.45) is 12.9. The van der Waals surface area contributed by atoms with E-state index in [0.29, 0.717) is 23.4 Å². The standard InChI is InChI=1S/C29H36N2O4/c1-2-3-4-5-6-7-8-14-21-30-28(33)22-25(23-15-10-9-11-16-23)24-17-12-13-18-26(24)31-27(32)19-20-29(34)35/h9-13,15-20,22H,2-8,14,21H2,1H3,(H,30,33)(H,31,32)(H,34,35). The van der Waals surface area contributed by atoms with Crippen molar-refractivity contribution in [1.82, 2.24) is 5.32 Å². The highest BCUT2D eigenvalue weighted by molar-refractivity contribution is 6.06. The maximum absolute atomic E-state index is 12.8. The van der Waals surface area contributed by atoms with Crippen molar-refractivity contribution in [3.05, 3.63) is 84.0 Å². The zero-order chi connectivity index (χ0) is 25.3. The number of rotatable bonds is 15. The second kappa shape index (κ2) is 16.0. The van der Waals surface area contributed by atoms with Gasteiger partial charge in [-0.05, 0) is 23.6 Å². The molecule has 2 aromatic carbocycles. The van der Waals surface area contributed by atoms with E-state index in [0.717, 1.165) is 30.6 Å². The van der Waals surface area contributed by atoms with Gasteiger partial charge in [-0.2, -0.15) is 0 Å². The maximum atomic E-state index is 12.8. The van der Waals surface area contributed by atoms with Crippen LogP contribution >= 0.6 is 0 Å². The first kappa shape index (κ1) is 27.6. The summed E-state index contributed by atoms with van der Waals surface area (Å²) in [5.41, 5.74) is 2.64. The number of carboxylic acids is 1. The number of carbonyl (C=O) groups is 3. The minimum atomic E-state index is -1.20. The number of para-hydroxylation sites is 1. The summed E-state index contributed by atoms with van der Waals surface area (Å²) in [6, 6.07) is 16.6. The highest BCUT2D eigenvalue weighted by Crippen LogP contribution is 2.29. The van der Waals surface area contributed by atoms with Gasteiger partial charge < -0.3 is 15.7 Å². The highest BCUT2D eigenvalue weighted by Gasteiger charge is 2.13. The number of amides is 2. The van der Waals surface area contributed by atoms with E-state index in [2.05, 4.69) is 17.6 Å². The van der Waals surface area contributed by atoms with E-state index in [1.165, 1.54) is 38.5 Å². The minimum absolute atomic E-state index is 0.196. The van der Waals surface area contributed by atoms with E-state index in [1.807, 2.05) is 42.5 Å². The van der Waals surface area contributed by atoms with E-state index < -0.39 is 11.9 Å². The summed E-state index contributed by atoms with van der Waals surface area (Å²) < 4.78 is 0. The first-order chi connectivity index (χ1) is 17.0. The fraction of sp³-hybridized carbons (Fsp3) is 0.345. The van der Waals surface area contributed by atoms with Crippen LogP contribution in [0, 0.1) is 0 Å². The van der Waals surface area contributed by atoms with Gasteiger partial charge in [0.2, 0.25) is 11.8 Å². The van der Waals surface area contributed by atoms with Gasteiger partial charge in [-0.15, -0.1) is 0 Å². The quantitative estimate of drug-likeness (QED) is 0.218. The minimum Gasteiger partial charge on any atom is -0.478 e. The Morgan fingerprint density at radius 1 is 0.771 bits per heavy atom. The SMILES string of the molecule is CCCCCCCCCCNC(=O)C=C(c1ccccc1)c1ccccc1NC(=O)C=CC(=O)O.